The first-order valence-electron chi connectivity index (χ1n) is 9.10. The lowest BCUT2D eigenvalue weighted by Gasteiger charge is -2.32. The Morgan fingerprint density at radius 1 is 1.08 bits per heavy atom. The van der Waals surface area contributed by atoms with Crippen molar-refractivity contribution in [2.75, 3.05) is 6.54 Å². The summed E-state index contributed by atoms with van der Waals surface area (Å²) < 4.78 is 12.2. The number of nitrogens with one attached hydrogen (secondary N) is 2. The third kappa shape index (κ3) is 3.43. The Bertz CT molecular complexity index is 738. The average Bonchev–Trinajstić information content (AvgIpc) is 3.28. The highest BCUT2D eigenvalue weighted by Gasteiger charge is 2.51. The molecule has 0 bridgehead atoms. The van der Waals surface area contributed by atoms with E-state index in [4.69, 9.17) is 9.31 Å². The molecule has 5 nitrogen and oxygen atoms in total. The van der Waals surface area contributed by atoms with E-state index in [2.05, 4.69) is 67.2 Å². The molecule has 26 heavy (non-hydrogen) atoms. The van der Waals surface area contributed by atoms with E-state index in [1.54, 1.807) is 0 Å². The van der Waals surface area contributed by atoms with E-state index >= 15 is 0 Å². The van der Waals surface area contributed by atoms with E-state index in [-0.39, 0.29) is 30.7 Å². The van der Waals surface area contributed by atoms with Gasteiger partial charge in [0.25, 0.3) is 0 Å². The highest BCUT2D eigenvalue weighted by atomic mass is 35.5. The van der Waals surface area contributed by atoms with Crippen LogP contribution in [0.1, 0.15) is 52.4 Å². The van der Waals surface area contributed by atoms with Crippen molar-refractivity contribution in [2.45, 2.75) is 57.8 Å². The van der Waals surface area contributed by atoms with Gasteiger partial charge >= 0.3 is 7.12 Å². The summed E-state index contributed by atoms with van der Waals surface area (Å²) >= 11 is 0. The number of H-pyrrole nitrogens is 1. The van der Waals surface area contributed by atoms with Crippen LogP contribution in [0.25, 0.3) is 11.3 Å². The molecule has 2 saturated heterocycles. The first-order chi connectivity index (χ1) is 11.9. The molecule has 2 aromatic rings. The molecular formula is C19H27BClN3O2. The van der Waals surface area contributed by atoms with Gasteiger partial charge in [-0.25, -0.2) is 4.98 Å². The van der Waals surface area contributed by atoms with E-state index < -0.39 is 0 Å². The molecule has 0 aliphatic carbocycles. The summed E-state index contributed by atoms with van der Waals surface area (Å²) in [6, 6.07) is 8.70. The van der Waals surface area contributed by atoms with Crippen LogP contribution in [-0.2, 0) is 9.31 Å². The Labute approximate surface area is 161 Å². The summed E-state index contributed by atoms with van der Waals surface area (Å²) in [6.07, 6.45) is 4.27. The van der Waals surface area contributed by atoms with Gasteiger partial charge in [0.2, 0.25) is 0 Å². The smallest absolute Gasteiger partial charge is 0.399 e. The molecular weight excluding hydrogens is 348 g/mol. The quantitative estimate of drug-likeness (QED) is 0.809. The summed E-state index contributed by atoms with van der Waals surface area (Å²) in [6.45, 7) is 9.37. The topological polar surface area (TPSA) is 59.2 Å². The molecule has 0 radical (unpaired) electrons. The zero-order chi connectivity index (χ0) is 17.7. The molecule has 0 saturated carbocycles. The SMILES string of the molecule is CC1(C)OB(c2ccc(-c3cnc([C@@H]4CCCN4)[nH]3)cc2)OC1(C)C.Cl. The summed E-state index contributed by atoms with van der Waals surface area (Å²) in [7, 11) is -0.320. The third-order valence-electron chi connectivity index (χ3n) is 5.73. The minimum absolute atomic E-state index is 0. The second-order valence-corrected chi connectivity index (χ2v) is 8.04. The van der Waals surface area contributed by atoms with E-state index in [9.17, 15) is 0 Å². The predicted octanol–water partition coefficient (Wildman–Crippen LogP) is 3.22. The molecule has 140 valence electrons. The number of aromatic amines is 1. The number of halogens is 1. The lowest BCUT2D eigenvalue weighted by molar-refractivity contribution is 0.00578. The molecule has 4 rings (SSSR count). The van der Waals surface area contributed by atoms with Gasteiger partial charge in [0.15, 0.2) is 0 Å². The van der Waals surface area contributed by atoms with Crippen LogP contribution in [-0.4, -0.2) is 34.8 Å². The molecule has 2 fully saturated rings. The Hall–Kier alpha value is -1.34. The maximum absolute atomic E-state index is 6.12. The van der Waals surface area contributed by atoms with Crippen molar-refractivity contribution in [2.24, 2.45) is 0 Å². The van der Waals surface area contributed by atoms with Crippen molar-refractivity contribution >= 4 is 25.0 Å². The molecule has 1 atom stereocenters. The van der Waals surface area contributed by atoms with Crippen LogP contribution in [0, 0.1) is 0 Å². The van der Waals surface area contributed by atoms with Gasteiger partial charge < -0.3 is 19.6 Å². The predicted molar refractivity (Wildman–Crippen MR) is 107 cm³/mol. The van der Waals surface area contributed by atoms with Crippen molar-refractivity contribution < 1.29 is 9.31 Å². The minimum Gasteiger partial charge on any atom is -0.399 e. The van der Waals surface area contributed by atoms with Gasteiger partial charge in [0, 0.05) is 0 Å². The fraction of sp³-hybridized carbons (Fsp3) is 0.526. The van der Waals surface area contributed by atoms with Crippen LogP contribution in [0.15, 0.2) is 30.5 Å². The Morgan fingerprint density at radius 2 is 1.73 bits per heavy atom. The average molecular weight is 376 g/mol. The van der Waals surface area contributed by atoms with Gasteiger partial charge in [0.1, 0.15) is 5.82 Å². The zero-order valence-electron chi connectivity index (χ0n) is 15.8. The van der Waals surface area contributed by atoms with Gasteiger partial charge in [-0.05, 0) is 58.1 Å². The normalized spacial score (nSPS) is 23.8. The van der Waals surface area contributed by atoms with Crippen LogP contribution in [0.3, 0.4) is 0 Å². The Morgan fingerprint density at radius 3 is 2.31 bits per heavy atom. The van der Waals surface area contributed by atoms with Gasteiger partial charge in [-0.1, -0.05) is 24.3 Å². The number of hydrogen-bond donors (Lipinski definition) is 2. The van der Waals surface area contributed by atoms with Crippen molar-refractivity contribution in [1.82, 2.24) is 15.3 Å². The number of hydrogen-bond acceptors (Lipinski definition) is 4. The molecule has 2 aliphatic heterocycles. The van der Waals surface area contributed by atoms with Crippen LogP contribution in [0.2, 0.25) is 0 Å². The van der Waals surface area contributed by atoms with Crippen LogP contribution >= 0.6 is 12.4 Å². The van der Waals surface area contributed by atoms with E-state index in [1.807, 2.05) is 6.20 Å². The molecule has 1 aromatic carbocycles. The maximum Gasteiger partial charge on any atom is 0.494 e. The van der Waals surface area contributed by atoms with Crippen LogP contribution < -0.4 is 10.8 Å². The van der Waals surface area contributed by atoms with E-state index in [0.29, 0.717) is 6.04 Å². The molecule has 7 heteroatoms. The first-order valence-corrected chi connectivity index (χ1v) is 9.10. The lowest BCUT2D eigenvalue weighted by atomic mass is 9.79. The molecule has 1 aromatic heterocycles. The van der Waals surface area contributed by atoms with Gasteiger partial charge in [0.05, 0.1) is 29.1 Å². The molecule has 0 spiro atoms. The zero-order valence-corrected chi connectivity index (χ0v) is 16.7. The number of benzene rings is 1. The minimum atomic E-state index is -0.320. The number of aromatic nitrogens is 2. The monoisotopic (exact) mass is 375 g/mol. The second kappa shape index (κ2) is 7.00. The summed E-state index contributed by atoms with van der Waals surface area (Å²) in [5.74, 6) is 1.03. The molecule has 0 amide bonds. The van der Waals surface area contributed by atoms with Crippen molar-refractivity contribution in [3.63, 3.8) is 0 Å². The van der Waals surface area contributed by atoms with E-state index in [0.717, 1.165) is 35.5 Å². The Kier molecular flexibility index (Phi) is 5.23. The summed E-state index contributed by atoms with van der Waals surface area (Å²) in [5.41, 5.74) is 2.58. The second-order valence-electron chi connectivity index (χ2n) is 8.04. The number of rotatable bonds is 3. The molecule has 2 N–H and O–H groups in total. The first kappa shape index (κ1) is 19.4. The number of nitrogens with zero attached hydrogens (tertiary/aromatic N) is 1. The van der Waals surface area contributed by atoms with Crippen molar-refractivity contribution in [3.05, 3.63) is 36.3 Å². The van der Waals surface area contributed by atoms with Gasteiger partial charge in [-0.2, -0.15) is 0 Å². The molecule has 0 unspecified atom stereocenters. The van der Waals surface area contributed by atoms with Crippen LogP contribution in [0.5, 0.6) is 0 Å². The lowest BCUT2D eigenvalue weighted by Crippen LogP contribution is -2.41. The largest absolute Gasteiger partial charge is 0.494 e. The fourth-order valence-electron chi connectivity index (χ4n) is 3.38. The van der Waals surface area contributed by atoms with Crippen molar-refractivity contribution in [1.29, 1.82) is 0 Å². The van der Waals surface area contributed by atoms with Gasteiger partial charge in [-0.3, -0.25) is 0 Å². The highest BCUT2D eigenvalue weighted by molar-refractivity contribution is 6.62. The summed E-state index contributed by atoms with van der Waals surface area (Å²) in [4.78, 5) is 8.00. The fourth-order valence-corrected chi connectivity index (χ4v) is 3.38. The third-order valence-corrected chi connectivity index (χ3v) is 5.73. The Balaban J connectivity index is 0.00000196. The highest BCUT2D eigenvalue weighted by Crippen LogP contribution is 2.36. The van der Waals surface area contributed by atoms with Crippen molar-refractivity contribution in [3.8, 4) is 11.3 Å². The molecule has 3 heterocycles. The molecule has 2 aliphatic rings. The number of imidazole rings is 1. The summed E-state index contributed by atoms with van der Waals surface area (Å²) in [5, 5.41) is 3.47. The maximum atomic E-state index is 6.12. The van der Waals surface area contributed by atoms with Crippen LogP contribution in [0.4, 0.5) is 0 Å². The standard InChI is InChI=1S/C19H26BN3O2.ClH/c1-18(2)19(3,4)25-20(24-18)14-9-7-13(8-10-14)16-12-22-17(23-16)15-6-5-11-21-15;/h7-10,12,15,21H,5-6,11H2,1-4H3,(H,22,23);1H/t15-;/m0./s1. The van der Waals surface area contributed by atoms with Gasteiger partial charge in [-0.15, -0.1) is 12.4 Å². The van der Waals surface area contributed by atoms with E-state index in [1.165, 1.54) is 6.42 Å².